The molecule has 134 valence electrons. The van der Waals surface area contributed by atoms with Crippen LogP contribution in [0.3, 0.4) is 0 Å². The Kier molecular flexibility index (Phi) is 4.54. The van der Waals surface area contributed by atoms with Crippen LogP contribution in [0, 0.1) is 0 Å². The number of benzene rings is 1. The van der Waals surface area contributed by atoms with Crippen LogP contribution in [-0.2, 0) is 15.0 Å². The van der Waals surface area contributed by atoms with Gasteiger partial charge in [0.1, 0.15) is 0 Å². The molecule has 2 N–H and O–H groups in total. The Bertz CT molecular complexity index is 822. The van der Waals surface area contributed by atoms with E-state index in [1.807, 2.05) is 30.9 Å². The number of H-pyrrole nitrogens is 1. The van der Waals surface area contributed by atoms with Crippen molar-refractivity contribution in [1.82, 2.24) is 9.97 Å². The molecule has 0 unspecified atom stereocenters. The maximum absolute atomic E-state index is 12.9. The minimum absolute atomic E-state index is 0.0803. The van der Waals surface area contributed by atoms with Crippen molar-refractivity contribution in [3.05, 3.63) is 17.7 Å². The zero-order valence-corrected chi connectivity index (χ0v) is 15.4. The van der Waals surface area contributed by atoms with Crippen LogP contribution in [0.1, 0.15) is 58.9 Å². The van der Waals surface area contributed by atoms with Gasteiger partial charge in [0.15, 0.2) is 0 Å². The molecular weight excluding hydrogens is 316 g/mol. The van der Waals surface area contributed by atoms with E-state index < -0.39 is 5.41 Å². The van der Waals surface area contributed by atoms with Crippen molar-refractivity contribution in [2.45, 2.75) is 58.8 Å². The summed E-state index contributed by atoms with van der Waals surface area (Å²) in [4.78, 5) is 33.9. The quantitative estimate of drug-likeness (QED) is 0.785. The molecule has 0 saturated heterocycles. The fourth-order valence-electron chi connectivity index (χ4n) is 3.35. The largest absolute Gasteiger partial charge is 0.324 e. The number of rotatable bonds is 6. The van der Waals surface area contributed by atoms with E-state index in [-0.39, 0.29) is 11.8 Å². The molecule has 2 heterocycles. The highest BCUT2D eigenvalue weighted by Gasteiger charge is 2.43. The number of hydrogen-bond donors (Lipinski definition) is 2. The number of amides is 2. The molecule has 0 radical (unpaired) electrons. The molecule has 1 aromatic carbocycles. The SMILES string of the molecule is CCCCCN1C(=O)C(C)(C)c2cc3nc(NC(=O)CC)[nH]c3cc21. The van der Waals surface area contributed by atoms with E-state index in [1.165, 1.54) is 0 Å². The average molecular weight is 342 g/mol. The number of nitrogens with zero attached hydrogens (tertiary/aromatic N) is 2. The Morgan fingerprint density at radius 2 is 2.04 bits per heavy atom. The third-order valence-corrected chi connectivity index (χ3v) is 4.91. The number of anilines is 2. The first-order chi connectivity index (χ1) is 11.9. The molecule has 0 fully saturated rings. The van der Waals surface area contributed by atoms with Crippen molar-refractivity contribution in [2.75, 3.05) is 16.8 Å². The third kappa shape index (κ3) is 3.01. The molecule has 6 heteroatoms. The van der Waals surface area contributed by atoms with E-state index in [9.17, 15) is 9.59 Å². The maximum Gasteiger partial charge on any atom is 0.237 e. The molecular formula is C19H26N4O2. The highest BCUT2D eigenvalue weighted by Crippen LogP contribution is 2.43. The standard InChI is InChI=1S/C19H26N4O2/c1-5-7-8-9-23-15-11-14-13(10-12(15)19(3,4)17(23)25)20-18(21-14)22-16(24)6-2/h10-11H,5-9H2,1-4H3,(H2,20,21,22,24). The van der Waals surface area contributed by atoms with E-state index in [1.54, 1.807) is 6.92 Å². The van der Waals surface area contributed by atoms with Gasteiger partial charge in [-0.1, -0.05) is 26.7 Å². The Labute approximate surface area is 148 Å². The monoisotopic (exact) mass is 342 g/mol. The van der Waals surface area contributed by atoms with Crippen LogP contribution in [-0.4, -0.2) is 28.3 Å². The molecule has 0 spiro atoms. The van der Waals surface area contributed by atoms with Crippen LogP contribution in [0.15, 0.2) is 12.1 Å². The van der Waals surface area contributed by atoms with Crippen LogP contribution >= 0.6 is 0 Å². The van der Waals surface area contributed by atoms with Gasteiger partial charge in [-0.25, -0.2) is 4.98 Å². The number of hydrogen-bond acceptors (Lipinski definition) is 3. The minimum atomic E-state index is -0.554. The number of fused-ring (bicyclic) bond motifs is 2. The predicted molar refractivity (Wildman–Crippen MR) is 99.9 cm³/mol. The van der Waals surface area contributed by atoms with Crippen molar-refractivity contribution in [3.63, 3.8) is 0 Å². The molecule has 3 rings (SSSR count). The zero-order valence-electron chi connectivity index (χ0n) is 15.4. The van der Waals surface area contributed by atoms with Gasteiger partial charge in [-0.15, -0.1) is 0 Å². The van der Waals surface area contributed by atoms with Gasteiger partial charge < -0.3 is 9.88 Å². The molecule has 1 aromatic heterocycles. The summed E-state index contributed by atoms with van der Waals surface area (Å²) in [6, 6.07) is 3.96. The van der Waals surface area contributed by atoms with Crippen LogP contribution in [0.25, 0.3) is 11.0 Å². The molecule has 2 aromatic rings. The predicted octanol–water partition coefficient (Wildman–Crippen LogP) is 3.73. The topological polar surface area (TPSA) is 78.1 Å². The van der Waals surface area contributed by atoms with Crippen molar-refractivity contribution in [3.8, 4) is 0 Å². The van der Waals surface area contributed by atoms with Crippen LogP contribution in [0.4, 0.5) is 11.6 Å². The second kappa shape index (κ2) is 6.50. The fraction of sp³-hybridized carbons (Fsp3) is 0.526. The maximum atomic E-state index is 12.9. The van der Waals surface area contributed by atoms with E-state index in [2.05, 4.69) is 22.2 Å². The number of nitrogens with one attached hydrogen (secondary N) is 2. The van der Waals surface area contributed by atoms with E-state index in [4.69, 9.17) is 0 Å². The first-order valence-corrected chi connectivity index (χ1v) is 9.04. The first-order valence-electron chi connectivity index (χ1n) is 9.04. The Morgan fingerprint density at radius 3 is 2.72 bits per heavy atom. The summed E-state index contributed by atoms with van der Waals surface area (Å²) in [5.41, 5.74) is 3.00. The summed E-state index contributed by atoms with van der Waals surface area (Å²) >= 11 is 0. The van der Waals surface area contributed by atoms with Gasteiger partial charge in [-0.3, -0.25) is 14.9 Å². The van der Waals surface area contributed by atoms with Gasteiger partial charge in [0, 0.05) is 13.0 Å². The number of imidazole rings is 1. The Morgan fingerprint density at radius 1 is 1.28 bits per heavy atom. The molecule has 0 atom stereocenters. The second-order valence-electron chi connectivity index (χ2n) is 7.16. The lowest BCUT2D eigenvalue weighted by molar-refractivity contribution is -0.122. The summed E-state index contributed by atoms with van der Waals surface area (Å²) in [6.07, 6.45) is 3.63. The molecule has 6 nitrogen and oxygen atoms in total. The van der Waals surface area contributed by atoms with Crippen molar-refractivity contribution < 1.29 is 9.59 Å². The highest BCUT2D eigenvalue weighted by molar-refractivity contribution is 6.09. The van der Waals surface area contributed by atoms with Crippen molar-refractivity contribution in [2.24, 2.45) is 0 Å². The van der Waals surface area contributed by atoms with Gasteiger partial charge in [0.05, 0.1) is 22.1 Å². The molecule has 0 aliphatic carbocycles. The number of carbonyl (C=O) groups is 2. The van der Waals surface area contributed by atoms with E-state index in [0.717, 1.165) is 48.1 Å². The lowest BCUT2D eigenvalue weighted by Crippen LogP contribution is -2.36. The number of carbonyl (C=O) groups excluding carboxylic acids is 2. The summed E-state index contributed by atoms with van der Waals surface area (Å²) in [7, 11) is 0. The average Bonchev–Trinajstić information content (AvgIpc) is 3.04. The molecule has 0 saturated carbocycles. The van der Waals surface area contributed by atoms with Gasteiger partial charge >= 0.3 is 0 Å². The minimum Gasteiger partial charge on any atom is -0.324 e. The summed E-state index contributed by atoms with van der Waals surface area (Å²) in [5, 5.41) is 2.75. The highest BCUT2D eigenvalue weighted by atomic mass is 16.2. The van der Waals surface area contributed by atoms with Gasteiger partial charge in [0.2, 0.25) is 17.8 Å². The van der Waals surface area contributed by atoms with Gasteiger partial charge in [-0.05, 0) is 38.0 Å². The Balaban J connectivity index is 1.99. The summed E-state index contributed by atoms with van der Waals surface area (Å²) in [6.45, 7) is 8.62. The van der Waals surface area contributed by atoms with Crippen LogP contribution in [0.2, 0.25) is 0 Å². The molecule has 2 amide bonds. The smallest absolute Gasteiger partial charge is 0.237 e. The van der Waals surface area contributed by atoms with Crippen LogP contribution < -0.4 is 10.2 Å². The molecule has 1 aliphatic heterocycles. The molecule has 0 bridgehead atoms. The second-order valence-corrected chi connectivity index (χ2v) is 7.16. The van der Waals surface area contributed by atoms with Crippen LogP contribution in [0.5, 0.6) is 0 Å². The molecule has 1 aliphatic rings. The first kappa shape index (κ1) is 17.5. The molecule has 25 heavy (non-hydrogen) atoms. The fourth-order valence-corrected chi connectivity index (χ4v) is 3.35. The summed E-state index contributed by atoms with van der Waals surface area (Å²) < 4.78 is 0. The van der Waals surface area contributed by atoms with E-state index >= 15 is 0 Å². The number of unbranched alkanes of at least 4 members (excludes halogenated alkanes) is 2. The number of aromatic nitrogens is 2. The van der Waals surface area contributed by atoms with Gasteiger partial charge in [0.25, 0.3) is 0 Å². The van der Waals surface area contributed by atoms with E-state index in [0.29, 0.717) is 12.4 Å². The lowest BCUT2D eigenvalue weighted by atomic mass is 9.86. The number of aromatic amines is 1. The lowest BCUT2D eigenvalue weighted by Gasteiger charge is -2.20. The van der Waals surface area contributed by atoms with Crippen molar-refractivity contribution >= 4 is 34.5 Å². The Hall–Kier alpha value is -2.37. The van der Waals surface area contributed by atoms with Gasteiger partial charge in [-0.2, -0.15) is 0 Å². The normalized spacial score (nSPS) is 15.7. The third-order valence-electron chi connectivity index (χ3n) is 4.91. The van der Waals surface area contributed by atoms with Crippen molar-refractivity contribution in [1.29, 1.82) is 0 Å². The zero-order chi connectivity index (χ0) is 18.2. The summed E-state index contributed by atoms with van der Waals surface area (Å²) in [5.74, 6) is 0.515.